The molecule has 1 aromatic heterocycles. The zero-order valence-electron chi connectivity index (χ0n) is 7.87. The van der Waals surface area contributed by atoms with E-state index in [1.54, 1.807) is 10.9 Å². The van der Waals surface area contributed by atoms with Gasteiger partial charge in [-0.3, -0.25) is 4.68 Å². The van der Waals surface area contributed by atoms with Crippen LogP contribution in [0.1, 0.15) is 11.3 Å². The molecule has 0 saturated heterocycles. The van der Waals surface area contributed by atoms with Crippen molar-refractivity contribution in [3.63, 3.8) is 0 Å². The van der Waals surface area contributed by atoms with Crippen LogP contribution >= 0.6 is 0 Å². The third-order valence-corrected chi connectivity index (χ3v) is 2.03. The highest BCUT2D eigenvalue weighted by molar-refractivity contribution is 5.71. The maximum absolute atomic E-state index is 10.4. The molecule has 0 radical (unpaired) electrons. The maximum Gasteiger partial charge on any atom is 0.312 e. The first-order valence-electron chi connectivity index (χ1n) is 4.12. The molecule has 5 nitrogen and oxygen atoms in total. The molecule has 0 aliphatic carbocycles. The fourth-order valence-corrected chi connectivity index (χ4v) is 1.11. The summed E-state index contributed by atoms with van der Waals surface area (Å²) in [7, 11) is 1.89. The lowest BCUT2D eigenvalue weighted by Gasteiger charge is -2.01. The Balaban J connectivity index is 2.45. The number of hydrogen-bond acceptors (Lipinski definition) is 2. The second-order valence-corrected chi connectivity index (χ2v) is 2.92. The van der Waals surface area contributed by atoms with Crippen molar-refractivity contribution in [1.29, 1.82) is 0 Å². The van der Waals surface area contributed by atoms with E-state index in [9.17, 15) is 4.79 Å². The van der Waals surface area contributed by atoms with Crippen LogP contribution in [0.25, 0.3) is 0 Å². The number of rotatable bonds is 3. The van der Waals surface area contributed by atoms with Crippen LogP contribution in [0.4, 0.5) is 4.79 Å². The van der Waals surface area contributed by atoms with Gasteiger partial charge in [0, 0.05) is 19.3 Å². The molecule has 0 spiro atoms. The highest BCUT2D eigenvalue weighted by atomic mass is 16.2. The molecule has 3 N–H and O–H groups in total. The second-order valence-electron chi connectivity index (χ2n) is 2.92. The van der Waals surface area contributed by atoms with E-state index < -0.39 is 6.03 Å². The summed E-state index contributed by atoms with van der Waals surface area (Å²) in [5.41, 5.74) is 7.18. The molecule has 1 heterocycles. The van der Waals surface area contributed by atoms with Gasteiger partial charge in [0.2, 0.25) is 0 Å². The zero-order valence-corrected chi connectivity index (χ0v) is 7.87. The Labute approximate surface area is 76.9 Å². The molecular weight excluding hydrogens is 168 g/mol. The number of hydrogen-bond donors (Lipinski definition) is 2. The van der Waals surface area contributed by atoms with Crippen LogP contribution in [0, 0.1) is 6.92 Å². The summed E-state index contributed by atoms with van der Waals surface area (Å²) in [6.45, 7) is 2.55. The van der Waals surface area contributed by atoms with Crippen LogP contribution in [0.15, 0.2) is 6.20 Å². The van der Waals surface area contributed by atoms with Gasteiger partial charge in [-0.25, -0.2) is 4.79 Å². The molecule has 1 aromatic rings. The lowest BCUT2D eigenvalue weighted by atomic mass is 10.2. The number of aromatic nitrogens is 2. The van der Waals surface area contributed by atoms with Gasteiger partial charge in [-0.1, -0.05) is 0 Å². The molecule has 5 heteroatoms. The van der Waals surface area contributed by atoms with Gasteiger partial charge in [-0.15, -0.1) is 0 Å². The predicted octanol–water partition coefficient (Wildman–Crippen LogP) is -0.0607. The first kappa shape index (κ1) is 9.57. The Bertz CT molecular complexity index is 305. The van der Waals surface area contributed by atoms with Crippen molar-refractivity contribution < 1.29 is 4.79 Å². The van der Waals surface area contributed by atoms with E-state index in [0.29, 0.717) is 6.54 Å². The van der Waals surface area contributed by atoms with E-state index in [1.807, 2.05) is 14.0 Å². The molecule has 0 aliphatic heterocycles. The van der Waals surface area contributed by atoms with E-state index >= 15 is 0 Å². The van der Waals surface area contributed by atoms with Crippen molar-refractivity contribution in [2.24, 2.45) is 12.8 Å². The van der Waals surface area contributed by atoms with Crippen molar-refractivity contribution in [2.45, 2.75) is 13.3 Å². The van der Waals surface area contributed by atoms with E-state index in [1.165, 1.54) is 0 Å². The molecule has 0 fully saturated rings. The van der Waals surface area contributed by atoms with Crippen LogP contribution in [0.5, 0.6) is 0 Å². The molecule has 0 saturated carbocycles. The summed E-state index contributed by atoms with van der Waals surface area (Å²) < 4.78 is 1.81. The Hall–Kier alpha value is -1.52. The van der Waals surface area contributed by atoms with Gasteiger partial charge in [0.25, 0.3) is 0 Å². The molecular formula is C8H14N4O. The standard InChI is InChI=1S/C8H14N4O/c1-6-7(5-11-12(6)2)3-4-10-8(9)13/h5H,3-4H2,1-2H3,(H3,9,10,13). The first-order valence-corrected chi connectivity index (χ1v) is 4.12. The van der Waals surface area contributed by atoms with Gasteiger partial charge >= 0.3 is 6.03 Å². The van der Waals surface area contributed by atoms with Crippen molar-refractivity contribution in [3.05, 3.63) is 17.5 Å². The first-order chi connectivity index (χ1) is 6.11. The minimum Gasteiger partial charge on any atom is -0.352 e. The molecule has 0 atom stereocenters. The monoisotopic (exact) mass is 182 g/mol. The number of nitrogens with two attached hydrogens (primary N) is 1. The Kier molecular flexibility index (Phi) is 2.89. The topological polar surface area (TPSA) is 72.9 Å². The number of primary amides is 1. The lowest BCUT2D eigenvalue weighted by Crippen LogP contribution is -2.30. The van der Waals surface area contributed by atoms with Crippen LogP contribution in [0.3, 0.4) is 0 Å². The zero-order chi connectivity index (χ0) is 9.84. The highest BCUT2D eigenvalue weighted by Crippen LogP contribution is 2.05. The summed E-state index contributed by atoms with van der Waals surface area (Å²) in [5, 5.41) is 6.62. The van der Waals surface area contributed by atoms with Crippen molar-refractivity contribution in [3.8, 4) is 0 Å². The fraction of sp³-hybridized carbons (Fsp3) is 0.500. The van der Waals surface area contributed by atoms with Gasteiger partial charge in [0.15, 0.2) is 0 Å². The average Bonchev–Trinajstić information content (AvgIpc) is 2.35. The number of carbonyl (C=O) groups is 1. The predicted molar refractivity (Wildman–Crippen MR) is 49.2 cm³/mol. The quantitative estimate of drug-likeness (QED) is 0.687. The molecule has 1 rings (SSSR count). The van der Waals surface area contributed by atoms with E-state index in [2.05, 4.69) is 10.4 Å². The van der Waals surface area contributed by atoms with Crippen LogP contribution in [-0.4, -0.2) is 22.4 Å². The molecule has 0 unspecified atom stereocenters. The summed E-state index contributed by atoms with van der Waals surface area (Å²) in [6.07, 6.45) is 2.57. The van der Waals surface area contributed by atoms with Gasteiger partial charge in [-0.2, -0.15) is 5.10 Å². The average molecular weight is 182 g/mol. The molecule has 0 aliphatic rings. The smallest absolute Gasteiger partial charge is 0.312 e. The number of urea groups is 1. The van der Waals surface area contributed by atoms with Crippen LogP contribution < -0.4 is 11.1 Å². The van der Waals surface area contributed by atoms with Gasteiger partial charge < -0.3 is 11.1 Å². The largest absolute Gasteiger partial charge is 0.352 e. The summed E-state index contributed by atoms with van der Waals surface area (Å²) in [5.74, 6) is 0. The third kappa shape index (κ3) is 2.47. The Morgan fingerprint density at radius 1 is 1.77 bits per heavy atom. The summed E-state index contributed by atoms with van der Waals surface area (Å²) in [4.78, 5) is 10.4. The van der Waals surface area contributed by atoms with Gasteiger partial charge in [0.1, 0.15) is 0 Å². The maximum atomic E-state index is 10.4. The normalized spacial score (nSPS) is 10.0. The highest BCUT2D eigenvalue weighted by Gasteiger charge is 2.02. The minimum absolute atomic E-state index is 0.485. The molecule has 2 amide bonds. The number of nitrogens with one attached hydrogen (secondary N) is 1. The number of nitrogens with zero attached hydrogens (tertiary/aromatic N) is 2. The molecule has 72 valence electrons. The number of amides is 2. The summed E-state index contributed by atoms with van der Waals surface area (Å²) in [6, 6.07) is -0.485. The van der Waals surface area contributed by atoms with E-state index in [-0.39, 0.29) is 0 Å². The van der Waals surface area contributed by atoms with Gasteiger partial charge in [0.05, 0.1) is 6.20 Å². The van der Waals surface area contributed by atoms with Crippen LogP contribution in [-0.2, 0) is 13.5 Å². The molecule has 0 aromatic carbocycles. The van der Waals surface area contributed by atoms with E-state index in [4.69, 9.17) is 5.73 Å². The van der Waals surface area contributed by atoms with E-state index in [0.717, 1.165) is 17.7 Å². The van der Waals surface area contributed by atoms with Crippen molar-refractivity contribution in [1.82, 2.24) is 15.1 Å². The summed E-state index contributed by atoms with van der Waals surface area (Å²) >= 11 is 0. The molecule has 13 heavy (non-hydrogen) atoms. The SMILES string of the molecule is Cc1c(CCNC(N)=O)cnn1C. The minimum atomic E-state index is -0.485. The number of carbonyl (C=O) groups excluding carboxylic acids is 1. The fourth-order valence-electron chi connectivity index (χ4n) is 1.11. The second kappa shape index (κ2) is 3.93. The van der Waals surface area contributed by atoms with Crippen molar-refractivity contribution in [2.75, 3.05) is 6.54 Å². The van der Waals surface area contributed by atoms with Crippen LogP contribution in [0.2, 0.25) is 0 Å². The Morgan fingerprint density at radius 3 is 2.92 bits per heavy atom. The van der Waals surface area contributed by atoms with Gasteiger partial charge in [-0.05, 0) is 18.9 Å². The third-order valence-electron chi connectivity index (χ3n) is 2.03. The lowest BCUT2D eigenvalue weighted by molar-refractivity contribution is 0.249. The number of aryl methyl sites for hydroxylation is 1. The van der Waals surface area contributed by atoms with Crippen molar-refractivity contribution >= 4 is 6.03 Å². The Morgan fingerprint density at radius 2 is 2.46 bits per heavy atom. The molecule has 0 bridgehead atoms.